The van der Waals surface area contributed by atoms with E-state index in [-0.39, 0.29) is 4.90 Å². The molecule has 12 nitrogen and oxygen atoms in total. The highest BCUT2D eigenvalue weighted by Gasteiger charge is 2.21. The molecular formula is C25H30N10O2S. The molecule has 198 valence electrons. The Labute approximate surface area is 220 Å². The Morgan fingerprint density at radius 3 is 2.21 bits per heavy atom. The summed E-state index contributed by atoms with van der Waals surface area (Å²) >= 11 is 0. The number of hydrogen-bond donors (Lipinski definition) is 4. The third-order valence-corrected chi connectivity index (χ3v) is 8.16. The molecule has 0 spiro atoms. The first-order valence-electron chi connectivity index (χ1n) is 12.8. The lowest BCUT2D eigenvalue weighted by Gasteiger charge is -2.30. The monoisotopic (exact) mass is 534 g/mol. The lowest BCUT2D eigenvalue weighted by atomic mass is 10.1. The van der Waals surface area contributed by atoms with Crippen molar-refractivity contribution in [3.63, 3.8) is 0 Å². The highest BCUT2D eigenvalue weighted by atomic mass is 32.2. The van der Waals surface area contributed by atoms with Crippen molar-refractivity contribution in [3.05, 3.63) is 48.7 Å². The van der Waals surface area contributed by atoms with Gasteiger partial charge in [-0.3, -0.25) is 9.82 Å². The zero-order chi connectivity index (χ0) is 26.0. The summed E-state index contributed by atoms with van der Waals surface area (Å²) in [6.07, 6.45) is 5.15. The molecule has 2 aliphatic rings. The Morgan fingerprint density at radius 1 is 0.789 bits per heavy atom. The van der Waals surface area contributed by atoms with Gasteiger partial charge < -0.3 is 20.4 Å². The summed E-state index contributed by atoms with van der Waals surface area (Å²) in [5, 5.41) is 14.3. The third-order valence-electron chi connectivity index (χ3n) is 6.77. The molecule has 4 aromatic rings. The Bertz CT molecular complexity index is 1470. The van der Waals surface area contributed by atoms with Gasteiger partial charge in [0.1, 0.15) is 0 Å². The van der Waals surface area contributed by atoms with E-state index >= 15 is 0 Å². The van der Waals surface area contributed by atoms with Crippen LogP contribution in [0.3, 0.4) is 0 Å². The first-order valence-corrected chi connectivity index (χ1v) is 14.3. The van der Waals surface area contributed by atoms with Crippen molar-refractivity contribution in [1.29, 1.82) is 0 Å². The van der Waals surface area contributed by atoms with Crippen molar-refractivity contribution in [2.45, 2.75) is 24.2 Å². The molecule has 0 aliphatic carbocycles. The average molecular weight is 535 g/mol. The average Bonchev–Trinajstić information content (AvgIpc) is 3.42. The minimum Gasteiger partial charge on any atom is -0.341 e. The van der Waals surface area contributed by atoms with E-state index in [9.17, 15) is 8.42 Å². The predicted molar refractivity (Wildman–Crippen MR) is 148 cm³/mol. The molecule has 2 aromatic heterocycles. The topological polar surface area (TPSA) is 144 Å². The number of H-pyrrole nitrogens is 1. The van der Waals surface area contributed by atoms with E-state index < -0.39 is 10.0 Å². The zero-order valence-corrected chi connectivity index (χ0v) is 21.7. The second-order valence-corrected chi connectivity index (χ2v) is 11.2. The summed E-state index contributed by atoms with van der Waals surface area (Å²) < 4.78 is 28.6. The van der Waals surface area contributed by atoms with E-state index in [4.69, 9.17) is 15.0 Å². The van der Waals surface area contributed by atoms with Crippen LogP contribution in [0.1, 0.15) is 19.3 Å². The van der Waals surface area contributed by atoms with Gasteiger partial charge in [0.05, 0.1) is 22.3 Å². The fraction of sp³-hybridized carbons (Fsp3) is 0.360. The van der Waals surface area contributed by atoms with E-state index in [1.807, 2.05) is 6.07 Å². The van der Waals surface area contributed by atoms with Crippen LogP contribution in [-0.4, -0.2) is 72.8 Å². The van der Waals surface area contributed by atoms with Crippen LogP contribution in [0.5, 0.6) is 0 Å². The number of aromatic nitrogens is 5. The van der Waals surface area contributed by atoms with E-state index in [2.05, 4.69) is 35.4 Å². The number of anilines is 5. The van der Waals surface area contributed by atoms with E-state index in [1.165, 1.54) is 6.42 Å². The Morgan fingerprint density at radius 2 is 1.47 bits per heavy atom. The Kier molecular flexibility index (Phi) is 6.68. The number of nitrogens with one attached hydrogen (secondary N) is 4. The lowest BCUT2D eigenvalue weighted by molar-refractivity contribution is 0.561. The molecule has 2 aliphatic heterocycles. The van der Waals surface area contributed by atoms with Gasteiger partial charge in [0.25, 0.3) is 10.0 Å². The molecule has 0 atom stereocenters. The van der Waals surface area contributed by atoms with Crippen LogP contribution in [0.4, 0.5) is 29.2 Å². The number of nitrogens with zero attached hydrogens (tertiary/aromatic N) is 6. The molecule has 0 bridgehead atoms. The maximum Gasteiger partial charge on any atom is 0.261 e. The highest BCUT2D eigenvalue weighted by molar-refractivity contribution is 7.92. The van der Waals surface area contributed by atoms with Gasteiger partial charge in [-0.2, -0.15) is 20.1 Å². The smallest absolute Gasteiger partial charge is 0.261 e. The largest absolute Gasteiger partial charge is 0.341 e. The van der Waals surface area contributed by atoms with Crippen LogP contribution in [-0.2, 0) is 10.0 Å². The quantitative estimate of drug-likeness (QED) is 0.279. The second kappa shape index (κ2) is 10.4. The van der Waals surface area contributed by atoms with E-state index in [0.29, 0.717) is 29.2 Å². The van der Waals surface area contributed by atoms with Crippen LogP contribution in [0.2, 0.25) is 0 Å². The van der Waals surface area contributed by atoms with Gasteiger partial charge >= 0.3 is 0 Å². The Balaban J connectivity index is 1.21. The molecule has 0 amide bonds. The number of benzene rings is 2. The van der Waals surface area contributed by atoms with E-state index in [0.717, 1.165) is 63.0 Å². The van der Waals surface area contributed by atoms with Crippen LogP contribution >= 0.6 is 0 Å². The number of hydrogen-bond acceptors (Lipinski definition) is 10. The summed E-state index contributed by atoms with van der Waals surface area (Å²) in [6.45, 7) is 5.28. The fourth-order valence-corrected chi connectivity index (χ4v) is 5.76. The van der Waals surface area contributed by atoms with Gasteiger partial charge in [0.2, 0.25) is 17.8 Å². The standard InChI is InChI=1S/C25H30N10O2S/c36-38(37,33-20-5-4-18-17-27-32-22(18)16-20)21-8-6-19(7-9-21)28-23-29-24(34-12-2-1-3-13-34)31-25(30-23)35-14-10-26-11-15-35/h4-9,16-17,26,33H,1-3,10-15H2,(H,27,32)(H,28,29,30,31). The summed E-state index contributed by atoms with van der Waals surface area (Å²) in [4.78, 5) is 18.7. The van der Waals surface area contributed by atoms with Crippen LogP contribution in [0, 0.1) is 0 Å². The first kappa shape index (κ1) is 24.4. The minimum absolute atomic E-state index is 0.152. The molecular weight excluding hydrogens is 504 g/mol. The lowest BCUT2D eigenvalue weighted by Crippen LogP contribution is -2.44. The van der Waals surface area contributed by atoms with Crippen LogP contribution in [0.15, 0.2) is 53.6 Å². The van der Waals surface area contributed by atoms with Gasteiger partial charge in [-0.15, -0.1) is 0 Å². The minimum atomic E-state index is -3.77. The Hall–Kier alpha value is -3.97. The van der Waals surface area contributed by atoms with Crippen molar-refractivity contribution in [3.8, 4) is 0 Å². The summed E-state index contributed by atoms with van der Waals surface area (Å²) in [5.74, 6) is 1.77. The number of fused-ring (bicyclic) bond motifs is 1. The maximum absolute atomic E-state index is 13.0. The van der Waals surface area contributed by atoms with Crippen molar-refractivity contribution in [2.75, 3.05) is 59.1 Å². The van der Waals surface area contributed by atoms with Crippen molar-refractivity contribution in [2.24, 2.45) is 0 Å². The number of piperazine rings is 1. The number of piperidine rings is 1. The highest BCUT2D eigenvalue weighted by Crippen LogP contribution is 2.25. The second-order valence-electron chi connectivity index (χ2n) is 9.47. The number of sulfonamides is 1. The summed E-state index contributed by atoms with van der Waals surface area (Å²) in [6, 6.07) is 11.8. The van der Waals surface area contributed by atoms with Gasteiger partial charge in [-0.05, 0) is 61.7 Å². The van der Waals surface area contributed by atoms with Crippen LogP contribution < -0.4 is 25.2 Å². The van der Waals surface area contributed by atoms with Crippen molar-refractivity contribution in [1.82, 2.24) is 30.5 Å². The van der Waals surface area contributed by atoms with Crippen molar-refractivity contribution >= 4 is 50.1 Å². The van der Waals surface area contributed by atoms with Gasteiger partial charge in [-0.25, -0.2) is 8.42 Å². The molecule has 2 aromatic carbocycles. The number of aromatic amines is 1. The zero-order valence-electron chi connectivity index (χ0n) is 20.9. The summed E-state index contributed by atoms with van der Waals surface area (Å²) in [7, 11) is -3.77. The van der Waals surface area contributed by atoms with Gasteiger partial charge in [0, 0.05) is 50.3 Å². The molecule has 6 rings (SSSR count). The third kappa shape index (κ3) is 5.34. The molecule has 0 radical (unpaired) electrons. The molecule has 13 heteroatoms. The van der Waals surface area contributed by atoms with Gasteiger partial charge in [-0.1, -0.05) is 0 Å². The maximum atomic E-state index is 13.0. The van der Waals surface area contributed by atoms with Crippen molar-refractivity contribution < 1.29 is 8.42 Å². The molecule has 2 fully saturated rings. The van der Waals surface area contributed by atoms with Gasteiger partial charge in [0.15, 0.2) is 0 Å². The normalized spacial score (nSPS) is 16.5. The first-order chi connectivity index (χ1) is 18.5. The predicted octanol–water partition coefficient (Wildman–Crippen LogP) is 2.69. The fourth-order valence-electron chi connectivity index (χ4n) is 4.71. The number of rotatable bonds is 7. The SMILES string of the molecule is O=S(=O)(Nc1ccc2cn[nH]c2c1)c1ccc(Nc2nc(N3CCCCC3)nc(N3CCNCC3)n2)cc1. The molecule has 4 N–H and O–H groups in total. The van der Waals surface area contributed by atoms with E-state index in [1.54, 1.807) is 42.6 Å². The molecule has 0 unspecified atom stereocenters. The molecule has 4 heterocycles. The summed E-state index contributed by atoms with van der Waals surface area (Å²) in [5.41, 5.74) is 1.90. The molecule has 38 heavy (non-hydrogen) atoms. The molecule has 0 saturated carbocycles. The van der Waals surface area contributed by atoms with Crippen LogP contribution in [0.25, 0.3) is 10.9 Å². The molecule has 2 saturated heterocycles.